The molecule has 1 saturated heterocycles. The predicted molar refractivity (Wildman–Crippen MR) is 119 cm³/mol. The van der Waals surface area contributed by atoms with E-state index in [1.165, 1.54) is 30.5 Å². The number of aliphatic imine (C=N–C) groups is 1. The summed E-state index contributed by atoms with van der Waals surface area (Å²) in [6.45, 7) is 3.93. The van der Waals surface area contributed by atoms with Gasteiger partial charge in [0, 0.05) is 52.2 Å². The first-order valence-electron chi connectivity index (χ1n) is 9.08. The second-order valence-corrected chi connectivity index (χ2v) is 6.74. The van der Waals surface area contributed by atoms with Crippen molar-refractivity contribution >= 4 is 29.9 Å². The van der Waals surface area contributed by atoms with Crippen LogP contribution in [0.3, 0.4) is 0 Å². The molecule has 2 N–H and O–H groups in total. The lowest BCUT2D eigenvalue weighted by atomic mass is 10.2. The SMILES string of the molecule is CN=C(NCc1ccn(C)c1)NCC1CCCN1Cc1ccccc1.I. The molecule has 1 unspecified atom stereocenters. The minimum absolute atomic E-state index is 0. The molecule has 0 spiro atoms. The molecule has 3 rings (SSSR count). The number of hydrogen-bond acceptors (Lipinski definition) is 2. The van der Waals surface area contributed by atoms with E-state index in [1.807, 2.05) is 14.1 Å². The Morgan fingerprint density at radius 2 is 1.96 bits per heavy atom. The van der Waals surface area contributed by atoms with Crippen LogP contribution in [0.5, 0.6) is 0 Å². The molecule has 0 bridgehead atoms. The third kappa shape index (κ3) is 6.02. The van der Waals surface area contributed by atoms with E-state index in [9.17, 15) is 0 Å². The van der Waals surface area contributed by atoms with Crippen molar-refractivity contribution in [3.8, 4) is 0 Å². The Kier molecular flexibility index (Phi) is 8.44. The highest BCUT2D eigenvalue weighted by molar-refractivity contribution is 14.0. The second kappa shape index (κ2) is 10.6. The molecule has 142 valence electrons. The maximum atomic E-state index is 4.35. The van der Waals surface area contributed by atoms with Gasteiger partial charge >= 0.3 is 0 Å². The van der Waals surface area contributed by atoms with E-state index in [2.05, 4.69) is 73.9 Å². The predicted octanol–water partition coefficient (Wildman–Crippen LogP) is 2.97. The van der Waals surface area contributed by atoms with Crippen LogP contribution < -0.4 is 10.6 Å². The Bertz CT molecular complexity index is 683. The van der Waals surface area contributed by atoms with Crippen molar-refractivity contribution < 1.29 is 0 Å². The molecule has 1 aromatic carbocycles. The summed E-state index contributed by atoms with van der Waals surface area (Å²) in [6, 6.07) is 13.4. The van der Waals surface area contributed by atoms with Crippen LogP contribution >= 0.6 is 24.0 Å². The van der Waals surface area contributed by atoms with Gasteiger partial charge in [-0.3, -0.25) is 9.89 Å². The largest absolute Gasteiger partial charge is 0.357 e. The monoisotopic (exact) mass is 467 g/mol. The summed E-state index contributed by atoms with van der Waals surface area (Å²) in [4.78, 5) is 6.93. The molecule has 6 heteroatoms. The molecule has 1 fully saturated rings. The molecule has 2 heterocycles. The maximum absolute atomic E-state index is 4.35. The van der Waals surface area contributed by atoms with Crippen molar-refractivity contribution in [2.75, 3.05) is 20.1 Å². The van der Waals surface area contributed by atoms with Gasteiger partial charge in [-0.15, -0.1) is 24.0 Å². The summed E-state index contributed by atoms with van der Waals surface area (Å²) in [5.41, 5.74) is 2.65. The quantitative estimate of drug-likeness (QED) is 0.390. The maximum Gasteiger partial charge on any atom is 0.191 e. The number of benzene rings is 1. The molecule has 0 saturated carbocycles. The zero-order chi connectivity index (χ0) is 17.5. The van der Waals surface area contributed by atoms with Gasteiger partial charge in [0.15, 0.2) is 5.96 Å². The lowest BCUT2D eigenvalue weighted by Gasteiger charge is -2.25. The van der Waals surface area contributed by atoms with Gasteiger partial charge < -0.3 is 15.2 Å². The second-order valence-electron chi connectivity index (χ2n) is 6.74. The van der Waals surface area contributed by atoms with E-state index in [1.54, 1.807) is 0 Å². The molecule has 0 radical (unpaired) electrons. The molecular weight excluding hydrogens is 437 g/mol. The zero-order valence-corrected chi connectivity index (χ0v) is 18.0. The molecule has 26 heavy (non-hydrogen) atoms. The van der Waals surface area contributed by atoms with Crippen LogP contribution in [0, 0.1) is 0 Å². The first-order chi connectivity index (χ1) is 12.2. The molecule has 1 aliphatic rings. The fraction of sp³-hybridized carbons (Fsp3) is 0.450. The summed E-state index contributed by atoms with van der Waals surface area (Å²) < 4.78 is 2.06. The highest BCUT2D eigenvalue weighted by Crippen LogP contribution is 2.19. The van der Waals surface area contributed by atoms with Crippen molar-refractivity contribution in [3.05, 3.63) is 59.9 Å². The van der Waals surface area contributed by atoms with Gasteiger partial charge in [0.1, 0.15) is 0 Å². The number of halogens is 1. The van der Waals surface area contributed by atoms with E-state index in [0.717, 1.165) is 25.6 Å². The summed E-state index contributed by atoms with van der Waals surface area (Å²) in [5.74, 6) is 0.871. The van der Waals surface area contributed by atoms with Crippen molar-refractivity contribution in [2.24, 2.45) is 12.0 Å². The van der Waals surface area contributed by atoms with Gasteiger partial charge in [-0.1, -0.05) is 30.3 Å². The van der Waals surface area contributed by atoms with Crippen molar-refractivity contribution in [3.63, 3.8) is 0 Å². The average molecular weight is 467 g/mol. The number of likely N-dealkylation sites (tertiary alicyclic amines) is 1. The van der Waals surface area contributed by atoms with Gasteiger partial charge in [-0.2, -0.15) is 0 Å². The van der Waals surface area contributed by atoms with Crippen molar-refractivity contribution in [2.45, 2.75) is 32.0 Å². The van der Waals surface area contributed by atoms with E-state index in [0.29, 0.717) is 6.04 Å². The van der Waals surface area contributed by atoms with E-state index >= 15 is 0 Å². The van der Waals surface area contributed by atoms with Crippen LogP contribution in [0.25, 0.3) is 0 Å². The topological polar surface area (TPSA) is 44.6 Å². The number of hydrogen-bond donors (Lipinski definition) is 2. The van der Waals surface area contributed by atoms with E-state index in [-0.39, 0.29) is 24.0 Å². The minimum Gasteiger partial charge on any atom is -0.357 e. The lowest BCUT2D eigenvalue weighted by Crippen LogP contribution is -2.44. The average Bonchev–Trinajstić information content (AvgIpc) is 3.25. The van der Waals surface area contributed by atoms with Crippen LogP contribution in [0.1, 0.15) is 24.0 Å². The highest BCUT2D eigenvalue weighted by Gasteiger charge is 2.24. The summed E-state index contributed by atoms with van der Waals surface area (Å²) in [5, 5.41) is 6.89. The Hall–Kier alpha value is -1.54. The summed E-state index contributed by atoms with van der Waals surface area (Å²) in [6.07, 6.45) is 6.71. The highest BCUT2D eigenvalue weighted by atomic mass is 127. The van der Waals surface area contributed by atoms with Crippen LogP contribution in [-0.2, 0) is 20.1 Å². The third-order valence-electron chi connectivity index (χ3n) is 4.81. The van der Waals surface area contributed by atoms with Crippen molar-refractivity contribution in [1.82, 2.24) is 20.1 Å². The smallest absolute Gasteiger partial charge is 0.191 e. The number of nitrogens with zero attached hydrogens (tertiary/aromatic N) is 3. The molecular formula is C20H30IN5. The molecule has 1 aromatic heterocycles. The molecule has 1 aliphatic heterocycles. The fourth-order valence-electron chi connectivity index (χ4n) is 3.44. The van der Waals surface area contributed by atoms with Crippen LogP contribution in [-0.4, -0.2) is 41.6 Å². The van der Waals surface area contributed by atoms with Crippen molar-refractivity contribution in [1.29, 1.82) is 0 Å². The first kappa shape index (κ1) is 20.8. The van der Waals surface area contributed by atoms with E-state index < -0.39 is 0 Å². The standard InChI is InChI=1S/C20H29N5.HI/c1-21-20(22-13-18-10-12-24(2)15-18)23-14-19-9-6-11-25(19)16-17-7-4-3-5-8-17;/h3-5,7-8,10,12,15,19H,6,9,11,13-14,16H2,1-2H3,(H2,21,22,23);1H. The van der Waals surface area contributed by atoms with Gasteiger partial charge in [0.2, 0.25) is 0 Å². The fourth-order valence-corrected chi connectivity index (χ4v) is 3.44. The number of guanidine groups is 1. The summed E-state index contributed by atoms with van der Waals surface area (Å²) >= 11 is 0. The first-order valence-corrected chi connectivity index (χ1v) is 9.08. The molecule has 1 atom stereocenters. The van der Waals surface area contributed by atoms with Gasteiger partial charge in [0.05, 0.1) is 0 Å². The number of aryl methyl sites for hydroxylation is 1. The number of aromatic nitrogens is 1. The van der Waals surface area contributed by atoms with Gasteiger partial charge in [-0.25, -0.2) is 0 Å². The van der Waals surface area contributed by atoms with Crippen LogP contribution in [0.2, 0.25) is 0 Å². The molecule has 0 aliphatic carbocycles. The third-order valence-corrected chi connectivity index (χ3v) is 4.81. The van der Waals surface area contributed by atoms with E-state index in [4.69, 9.17) is 0 Å². The van der Waals surface area contributed by atoms with Gasteiger partial charge in [-0.05, 0) is 36.6 Å². The van der Waals surface area contributed by atoms with Crippen LogP contribution in [0.15, 0.2) is 53.8 Å². The zero-order valence-electron chi connectivity index (χ0n) is 15.7. The Balaban J connectivity index is 0.00000243. The molecule has 0 amide bonds. The Morgan fingerprint density at radius 1 is 1.15 bits per heavy atom. The van der Waals surface area contributed by atoms with Crippen LogP contribution in [0.4, 0.5) is 0 Å². The Labute approximate surface area is 173 Å². The molecule has 5 nitrogen and oxygen atoms in total. The number of rotatable bonds is 6. The number of nitrogens with one attached hydrogen (secondary N) is 2. The molecule has 2 aromatic rings. The normalized spacial score (nSPS) is 17.8. The van der Waals surface area contributed by atoms with Gasteiger partial charge in [0.25, 0.3) is 0 Å². The minimum atomic E-state index is 0. The Morgan fingerprint density at radius 3 is 2.65 bits per heavy atom. The summed E-state index contributed by atoms with van der Waals surface area (Å²) in [7, 11) is 3.87. The lowest BCUT2D eigenvalue weighted by molar-refractivity contribution is 0.245.